The first-order valence-corrected chi connectivity index (χ1v) is 9.83. The van der Waals surface area contributed by atoms with Crippen molar-refractivity contribution in [2.24, 2.45) is 0 Å². The average molecular weight is 409 g/mol. The maximum absolute atomic E-state index is 12.3. The van der Waals surface area contributed by atoms with Crippen LogP contribution in [0.15, 0.2) is 61.1 Å². The number of rotatable bonds is 4. The van der Waals surface area contributed by atoms with Gasteiger partial charge in [-0.15, -0.1) is 0 Å². The van der Waals surface area contributed by atoms with E-state index in [1.165, 1.54) is 0 Å². The largest absolute Gasteiger partial charge is 0.352 e. The van der Waals surface area contributed by atoms with Gasteiger partial charge in [-0.3, -0.25) is 4.79 Å². The number of aromatic nitrogens is 4. The molecular formula is C21H21ClN6O. The molecule has 1 saturated heterocycles. The third kappa shape index (κ3) is 4.00. The molecule has 3 aromatic rings. The normalized spacial score (nSPS) is 15.1. The van der Waals surface area contributed by atoms with Crippen LogP contribution in [0.25, 0.3) is 16.7 Å². The lowest BCUT2D eigenvalue weighted by Gasteiger charge is -2.35. The van der Waals surface area contributed by atoms with Crippen LogP contribution < -0.4 is 4.90 Å². The molecule has 148 valence electrons. The number of halogens is 1. The van der Waals surface area contributed by atoms with E-state index >= 15 is 0 Å². The lowest BCUT2D eigenvalue weighted by atomic mass is 10.2. The fourth-order valence-electron chi connectivity index (χ4n) is 3.37. The molecule has 1 fully saturated rings. The van der Waals surface area contributed by atoms with Crippen molar-refractivity contribution in [2.75, 3.05) is 31.1 Å². The Bertz CT molecular complexity index is 1080. The lowest BCUT2D eigenvalue weighted by molar-refractivity contribution is -0.126. The number of hydrogen-bond acceptors (Lipinski definition) is 5. The minimum atomic E-state index is 0.0318. The Labute approximate surface area is 173 Å². The molecular weight excluding hydrogens is 388 g/mol. The quantitative estimate of drug-likeness (QED) is 0.489. The fraction of sp³-hybridized carbons (Fsp3) is 0.238. The Morgan fingerprint density at radius 1 is 1.14 bits per heavy atom. The van der Waals surface area contributed by atoms with Gasteiger partial charge in [0.1, 0.15) is 12.1 Å². The first-order valence-electron chi connectivity index (χ1n) is 9.45. The van der Waals surface area contributed by atoms with Gasteiger partial charge in [0.05, 0.1) is 17.3 Å². The van der Waals surface area contributed by atoms with Gasteiger partial charge >= 0.3 is 0 Å². The number of piperazine rings is 1. The molecule has 7 nitrogen and oxygen atoms in total. The zero-order chi connectivity index (χ0) is 20.2. The Hall–Kier alpha value is -3.19. The van der Waals surface area contributed by atoms with Crippen molar-refractivity contribution in [2.45, 2.75) is 6.92 Å². The van der Waals surface area contributed by atoms with Crippen LogP contribution in [0.3, 0.4) is 0 Å². The first kappa shape index (κ1) is 19.1. The fourth-order valence-corrected chi connectivity index (χ4v) is 3.56. The standard InChI is InChI=1S/C21H21ClN6O/c1-2-3-4-8-19(29)26-9-11-27(12-10-26)20-18-14-25-28(21(18)24-15-23-20)17-7-5-6-16(22)13-17/h2-8,13-15H,9-12H2,1H3/b3-2+,8-4+. The van der Waals surface area contributed by atoms with E-state index in [9.17, 15) is 4.79 Å². The summed E-state index contributed by atoms with van der Waals surface area (Å²) in [5.41, 5.74) is 1.57. The molecule has 4 rings (SSSR count). The highest BCUT2D eigenvalue weighted by Gasteiger charge is 2.23. The third-order valence-corrected chi connectivity index (χ3v) is 5.07. The van der Waals surface area contributed by atoms with Crippen LogP contribution in [-0.4, -0.2) is 56.7 Å². The molecule has 0 radical (unpaired) electrons. The van der Waals surface area contributed by atoms with Crippen LogP contribution >= 0.6 is 11.6 Å². The average Bonchev–Trinajstić information content (AvgIpc) is 3.18. The van der Waals surface area contributed by atoms with E-state index in [4.69, 9.17) is 11.6 Å². The lowest BCUT2D eigenvalue weighted by Crippen LogP contribution is -2.48. The maximum Gasteiger partial charge on any atom is 0.246 e. The van der Waals surface area contributed by atoms with Gasteiger partial charge in [0.25, 0.3) is 0 Å². The van der Waals surface area contributed by atoms with Gasteiger partial charge in [-0.25, -0.2) is 14.6 Å². The Morgan fingerprint density at radius 3 is 2.72 bits per heavy atom. The summed E-state index contributed by atoms with van der Waals surface area (Å²) in [5.74, 6) is 0.865. The molecule has 0 N–H and O–H groups in total. The summed E-state index contributed by atoms with van der Waals surface area (Å²) in [6, 6.07) is 7.49. The highest BCUT2D eigenvalue weighted by Crippen LogP contribution is 2.26. The molecule has 29 heavy (non-hydrogen) atoms. The van der Waals surface area contributed by atoms with E-state index in [1.54, 1.807) is 29.4 Å². The zero-order valence-electron chi connectivity index (χ0n) is 16.1. The number of nitrogens with zero attached hydrogens (tertiary/aromatic N) is 6. The molecule has 1 aromatic carbocycles. The summed E-state index contributed by atoms with van der Waals surface area (Å²) in [4.78, 5) is 25.2. The predicted molar refractivity (Wildman–Crippen MR) is 114 cm³/mol. The molecule has 0 atom stereocenters. The van der Waals surface area contributed by atoms with Crippen LogP contribution in [0.2, 0.25) is 5.02 Å². The van der Waals surface area contributed by atoms with Crippen LogP contribution in [0.1, 0.15) is 6.92 Å². The topological polar surface area (TPSA) is 67.2 Å². The summed E-state index contributed by atoms with van der Waals surface area (Å²) < 4.78 is 1.76. The summed E-state index contributed by atoms with van der Waals surface area (Å²) in [5, 5.41) is 6.01. The molecule has 0 aliphatic carbocycles. The van der Waals surface area contributed by atoms with Crippen molar-refractivity contribution in [1.29, 1.82) is 0 Å². The third-order valence-electron chi connectivity index (χ3n) is 4.83. The molecule has 0 bridgehead atoms. The van der Waals surface area contributed by atoms with Gasteiger partial charge < -0.3 is 9.80 Å². The summed E-state index contributed by atoms with van der Waals surface area (Å²) in [6.45, 7) is 4.62. The molecule has 1 aliphatic heterocycles. The summed E-state index contributed by atoms with van der Waals surface area (Å²) in [7, 11) is 0. The van der Waals surface area contributed by atoms with Crippen LogP contribution in [0, 0.1) is 0 Å². The predicted octanol–water partition coefficient (Wildman–Crippen LogP) is 3.25. The Morgan fingerprint density at radius 2 is 1.97 bits per heavy atom. The van der Waals surface area contributed by atoms with E-state index < -0.39 is 0 Å². The SMILES string of the molecule is C/C=C/C=C/C(=O)N1CCN(c2ncnc3c2cnn3-c2cccc(Cl)c2)CC1. The number of carbonyl (C=O) groups is 1. The maximum atomic E-state index is 12.3. The van der Waals surface area contributed by atoms with Crippen LogP contribution in [0.4, 0.5) is 5.82 Å². The van der Waals surface area contributed by atoms with E-state index in [0.29, 0.717) is 31.2 Å². The van der Waals surface area contributed by atoms with E-state index in [0.717, 1.165) is 22.5 Å². The summed E-state index contributed by atoms with van der Waals surface area (Å²) in [6.07, 6.45) is 10.5. The number of anilines is 1. The van der Waals surface area contributed by atoms with Gasteiger partial charge in [-0.05, 0) is 25.1 Å². The highest BCUT2D eigenvalue weighted by molar-refractivity contribution is 6.30. The van der Waals surface area contributed by atoms with Crippen LogP contribution in [0.5, 0.6) is 0 Å². The van der Waals surface area contributed by atoms with Gasteiger partial charge in [0, 0.05) is 37.3 Å². The second-order valence-corrected chi connectivity index (χ2v) is 7.10. The van der Waals surface area contributed by atoms with Gasteiger partial charge in [0.15, 0.2) is 5.65 Å². The Kier molecular flexibility index (Phi) is 5.57. The van der Waals surface area contributed by atoms with Crippen molar-refractivity contribution in [1.82, 2.24) is 24.6 Å². The molecule has 0 unspecified atom stereocenters. The van der Waals surface area contributed by atoms with Gasteiger partial charge in [-0.2, -0.15) is 5.10 Å². The number of fused-ring (bicyclic) bond motifs is 1. The zero-order valence-corrected chi connectivity index (χ0v) is 16.8. The van der Waals surface area contributed by atoms with E-state index in [-0.39, 0.29) is 5.91 Å². The molecule has 0 saturated carbocycles. The molecule has 1 amide bonds. The second kappa shape index (κ2) is 8.45. The smallest absolute Gasteiger partial charge is 0.246 e. The minimum absolute atomic E-state index is 0.0318. The van der Waals surface area contributed by atoms with Crippen LogP contribution in [-0.2, 0) is 4.79 Å². The van der Waals surface area contributed by atoms with E-state index in [2.05, 4.69) is 20.0 Å². The summed E-state index contributed by atoms with van der Waals surface area (Å²) >= 11 is 6.12. The van der Waals surface area contributed by atoms with Gasteiger partial charge in [-0.1, -0.05) is 35.9 Å². The number of hydrogen-bond donors (Lipinski definition) is 0. The molecule has 3 heterocycles. The number of carbonyl (C=O) groups excluding carboxylic acids is 1. The van der Waals surface area contributed by atoms with Crippen molar-refractivity contribution < 1.29 is 4.79 Å². The minimum Gasteiger partial charge on any atom is -0.352 e. The van der Waals surface area contributed by atoms with Crippen molar-refractivity contribution >= 4 is 34.4 Å². The van der Waals surface area contributed by atoms with Crippen molar-refractivity contribution in [3.05, 3.63) is 66.1 Å². The van der Waals surface area contributed by atoms with Crippen molar-refractivity contribution in [3.8, 4) is 5.69 Å². The Balaban J connectivity index is 1.55. The number of amides is 1. The second-order valence-electron chi connectivity index (χ2n) is 6.67. The first-order chi connectivity index (χ1) is 14.2. The van der Waals surface area contributed by atoms with E-state index in [1.807, 2.05) is 48.2 Å². The molecule has 2 aromatic heterocycles. The van der Waals surface area contributed by atoms with Crippen molar-refractivity contribution in [3.63, 3.8) is 0 Å². The molecule has 0 spiro atoms. The number of benzene rings is 1. The molecule has 1 aliphatic rings. The van der Waals surface area contributed by atoms with Gasteiger partial charge in [0.2, 0.25) is 5.91 Å². The monoisotopic (exact) mass is 408 g/mol. The number of allylic oxidation sites excluding steroid dienone is 3. The molecule has 8 heteroatoms. The highest BCUT2D eigenvalue weighted by atomic mass is 35.5.